The summed E-state index contributed by atoms with van der Waals surface area (Å²) in [5.41, 5.74) is 4.76. The Hall–Kier alpha value is -4.97. The molecule has 11 nitrogen and oxygen atoms in total. The molecule has 1 N–H and O–H groups in total. The molecule has 0 saturated carbocycles. The predicted octanol–water partition coefficient (Wildman–Crippen LogP) is 4.33. The monoisotopic (exact) mass is 601 g/mol. The van der Waals surface area contributed by atoms with Crippen molar-refractivity contribution in [3.63, 3.8) is 0 Å². The minimum atomic E-state index is -1.97. The van der Waals surface area contributed by atoms with Crippen LogP contribution in [0.2, 0.25) is 0 Å². The third-order valence-electron chi connectivity index (χ3n) is 7.21. The molecule has 1 atom stereocenters. The van der Waals surface area contributed by atoms with Gasteiger partial charge in [-0.3, -0.25) is 4.79 Å². The largest absolute Gasteiger partial charge is 0.497 e. The van der Waals surface area contributed by atoms with E-state index in [0.717, 1.165) is 35.0 Å². The average molecular weight is 602 g/mol. The fourth-order valence-electron chi connectivity index (χ4n) is 5.23. The van der Waals surface area contributed by atoms with E-state index in [1.54, 1.807) is 49.4 Å². The Morgan fingerprint density at radius 2 is 1.86 bits per heavy atom. The summed E-state index contributed by atoms with van der Waals surface area (Å²) in [5, 5.41) is 2.41. The minimum Gasteiger partial charge on any atom is -0.497 e. The van der Waals surface area contributed by atoms with Crippen LogP contribution in [0.3, 0.4) is 0 Å². The lowest BCUT2D eigenvalue weighted by Gasteiger charge is -2.31. The highest BCUT2D eigenvalue weighted by Gasteiger charge is 2.53. The molecule has 0 aliphatic carbocycles. The first kappa shape index (κ1) is 28.2. The molecular weight excluding hydrogens is 574 g/mol. The van der Waals surface area contributed by atoms with E-state index in [9.17, 15) is 14.4 Å². The number of aromatic nitrogens is 2. The van der Waals surface area contributed by atoms with Gasteiger partial charge in [-0.05, 0) is 66.1 Å². The van der Waals surface area contributed by atoms with E-state index in [1.807, 2.05) is 18.2 Å². The van der Waals surface area contributed by atoms with Crippen molar-refractivity contribution in [2.24, 2.45) is 0 Å². The van der Waals surface area contributed by atoms with Gasteiger partial charge >= 0.3 is 23.8 Å². The molecular formula is C31H27N3O8S. The fourth-order valence-corrected chi connectivity index (χ4v) is 5.74. The Kier molecular flexibility index (Phi) is 7.68. The van der Waals surface area contributed by atoms with Crippen LogP contribution in [0.15, 0.2) is 66.2 Å². The lowest BCUT2D eigenvalue weighted by molar-refractivity contribution is -0.185. The molecule has 2 aliphatic heterocycles. The topological polar surface area (TPSA) is 135 Å². The SMILES string of the molecule is CCOC(=O)CNC(=O)OC1(c2ccc(OC)cc2)OC(=O)C(c2ccc3nsnc3c2)=C1Cc1ccc2c(c1)CCO2. The number of cyclic esters (lactones) is 1. The molecule has 12 heteroatoms. The summed E-state index contributed by atoms with van der Waals surface area (Å²) >= 11 is 1.07. The van der Waals surface area contributed by atoms with Crippen molar-refractivity contribution in [1.82, 2.24) is 14.1 Å². The van der Waals surface area contributed by atoms with Gasteiger partial charge < -0.3 is 29.0 Å². The first-order valence-electron chi connectivity index (χ1n) is 13.6. The van der Waals surface area contributed by atoms with Crippen LogP contribution in [0.4, 0.5) is 4.79 Å². The highest BCUT2D eigenvalue weighted by Crippen LogP contribution is 2.48. The maximum absolute atomic E-state index is 13.8. The van der Waals surface area contributed by atoms with Gasteiger partial charge in [-0.15, -0.1) is 0 Å². The van der Waals surface area contributed by atoms with Crippen molar-refractivity contribution >= 4 is 46.4 Å². The van der Waals surface area contributed by atoms with Crippen LogP contribution in [0.25, 0.3) is 16.6 Å². The number of ether oxygens (including phenoxy) is 5. The van der Waals surface area contributed by atoms with E-state index in [2.05, 4.69) is 14.1 Å². The lowest BCUT2D eigenvalue weighted by atomic mass is 9.87. The van der Waals surface area contributed by atoms with E-state index in [1.165, 1.54) is 7.11 Å². The number of esters is 2. The molecule has 1 unspecified atom stereocenters. The summed E-state index contributed by atoms with van der Waals surface area (Å²) < 4.78 is 36.6. The first-order valence-corrected chi connectivity index (χ1v) is 14.3. The summed E-state index contributed by atoms with van der Waals surface area (Å²) in [6, 6.07) is 17.8. The number of hydrogen-bond donors (Lipinski definition) is 1. The zero-order valence-electron chi connectivity index (χ0n) is 23.4. The number of benzene rings is 3. The molecule has 3 aromatic carbocycles. The van der Waals surface area contributed by atoms with E-state index in [4.69, 9.17) is 23.7 Å². The highest BCUT2D eigenvalue weighted by molar-refractivity contribution is 7.00. The number of fused-ring (bicyclic) bond motifs is 2. The standard InChI is InChI=1S/C31H27N3O8S/c1-3-39-27(35)17-32-30(37)42-31(21-6-8-22(38-2)9-7-21)23(15-18-4-11-26-19(14-18)12-13-40-26)28(29(36)41-31)20-5-10-24-25(16-20)34-43-33-24/h4-11,14,16H,3,12-13,15,17H2,1-2H3,(H,32,37). The van der Waals surface area contributed by atoms with Crippen molar-refractivity contribution in [1.29, 1.82) is 0 Å². The van der Waals surface area contributed by atoms with E-state index < -0.39 is 30.4 Å². The number of alkyl carbamates (subject to hydrolysis) is 1. The van der Waals surface area contributed by atoms with Gasteiger partial charge in [0.1, 0.15) is 29.1 Å². The van der Waals surface area contributed by atoms with Crippen LogP contribution in [0, 0.1) is 0 Å². The van der Waals surface area contributed by atoms with Crippen LogP contribution in [-0.4, -0.2) is 53.6 Å². The molecule has 0 spiro atoms. The molecule has 3 heterocycles. The number of rotatable bonds is 9. The Bertz CT molecular complexity index is 1750. The second-order valence-electron chi connectivity index (χ2n) is 9.82. The second kappa shape index (κ2) is 11.7. The third kappa shape index (κ3) is 5.48. The fraction of sp³-hybridized carbons (Fsp3) is 0.258. The molecule has 0 fully saturated rings. The molecule has 0 saturated heterocycles. The van der Waals surface area contributed by atoms with Crippen molar-refractivity contribution in [3.05, 3.63) is 88.5 Å². The van der Waals surface area contributed by atoms with Crippen LogP contribution in [0.1, 0.15) is 29.2 Å². The van der Waals surface area contributed by atoms with Crippen molar-refractivity contribution in [2.75, 3.05) is 26.9 Å². The quantitative estimate of drug-likeness (QED) is 0.276. The maximum Gasteiger partial charge on any atom is 0.411 e. The molecule has 0 bridgehead atoms. The van der Waals surface area contributed by atoms with E-state index in [0.29, 0.717) is 40.1 Å². The smallest absolute Gasteiger partial charge is 0.411 e. The molecule has 0 radical (unpaired) electrons. The van der Waals surface area contributed by atoms with Gasteiger partial charge in [-0.2, -0.15) is 8.75 Å². The second-order valence-corrected chi connectivity index (χ2v) is 10.3. The summed E-state index contributed by atoms with van der Waals surface area (Å²) in [7, 11) is 1.53. The zero-order chi connectivity index (χ0) is 30.0. The molecule has 220 valence electrons. The van der Waals surface area contributed by atoms with Crippen molar-refractivity contribution < 1.29 is 38.1 Å². The minimum absolute atomic E-state index is 0.157. The number of methoxy groups -OCH3 is 1. The Balaban J connectivity index is 1.50. The number of nitrogens with one attached hydrogen (secondary N) is 1. The number of amides is 1. The highest BCUT2D eigenvalue weighted by atomic mass is 32.1. The average Bonchev–Trinajstić information content (AvgIpc) is 3.74. The number of carbonyl (C=O) groups is 3. The van der Waals surface area contributed by atoms with Crippen LogP contribution < -0.4 is 14.8 Å². The predicted molar refractivity (Wildman–Crippen MR) is 156 cm³/mol. The van der Waals surface area contributed by atoms with E-state index in [-0.39, 0.29) is 18.6 Å². The Morgan fingerprint density at radius 3 is 2.65 bits per heavy atom. The zero-order valence-corrected chi connectivity index (χ0v) is 24.2. The van der Waals surface area contributed by atoms with Crippen LogP contribution in [0.5, 0.6) is 11.5 Å². The molecule has 4 aromatic rings. The normalized spacial score (nSPS) is 17.3. The van der Waals surface area contributed by atoms with Gasteiger partial charge in [0.25, 0.3) is 0 Å². The Labute approximate surface area is 250 Å². The molecule has 1 aromatic heterocycles. The summed E-state index contributed by atoms with van der Waals surface area (Å²) in [6.45, 7) is 1.98. The van der Waals surface area contributed by atoms with Crippen LogP contribution in [-0.2, 0) is 42.4 Å². The Morgan fingerprint density at radius 1 is 1.05 bits per heavy atom. The molecule has 43 heavy (non-hydrogen) atoms. The lowest BCUT2D eigenvalue weighted by Crippen LogP contribution is -2.41. The van der Waals surface area contributed by atoms with Gasteiger partial charge in [-0.1, -0.05) is 18.2 Å². The van der Waals surface area contributed by atoms with Gasteiger partial charge in [0.2, 0.25) is 0 Å². The van der Waals surface area contributed by atoms with Gasteiger partial charge in [0.05, 0.1) is 37.6 Å². The van der Waals surface area contributed by atoms with Gasteiger partial charge in [-0.25, -0.2) is 9.59 Å². The maximum atomic E-state index is 13.8. The number of nitrogens with zero attached hydrogens (tertiary/aromatic N) is 2. The van der Waals surface area contributed by atoms with Crippen molar-refractivity contribution in [3.8, 4) is 11.5 Å². The first-order chi connectivity index (χ1) is 20.9. The van der Waals surface area contributed by atoms with Gasteiger partial charge in [0.15, 0.2) is 0 Å². The molecule has 2 aliphatic rings. The number of hydrogen-bond acceptors (Lipinski definition) is 11. The summed E-state index contributed by atoms with van der Waals surface area (Å²) in [6.07, 6.45) is -0.0234. The summed E-state index contributed by atoms with van der Waals surface area (Å²) in [5.74, 6) is -1.92. The summed E-state index contributed by atoms with van der Waals surface area (Å²) in [4.78, 5) is 39.0. The van der Waals surface area contributed by atoms with Crippen LogP contribution >= 0.6 is 11.7 Å². The van der Waals surface area contributed by atoms with E-state index >= 15 is 0 Å². The van der Waals surface area contributed by atoms with Crippen molar-refractivity contribution in [2.45, 2.75) is 25.6 Å². The molecule has 1 amide bonds. The third-order valence-corrected chi connectivity index (χ3v) is 7.76. The number of carbonyl (C=O) groups excluding carboxylic acids is 3. The molecule has 6 rings (SSSR count). The van der Waals surface area contributed by atoms with Gasteiger partial charge in [0, 0.05) is 24.0 Å².